The summed E-state index contributed by atoms with van der Waals surface area (Å²) in [7, 11) is 0. The van der Waals surface area contributed by atoms with Crippen molar-refractivity contribution in [2.45, 2.75) is 25.0 Å². The van der Waals surface area contributed by atoms with E-state index in [-0.39, 0.29) is 5.91 Å². The lowest BCUT2D eigenvalue weighted by Crippen LogP contribution is -2.52. The Hall–Kier alpha value is -2.67. The molecule has 1 aliphatic heterocycles. The molecule has 0 spiro atoms. The number of piperidine rings is 1. The minimum absolute atomic E-state index is 0.0445. The molecule has 7 nitrogen and oxygen atoms in total. The van der Waals surface area contributed by atoms with E-state index in [1.54, 1.807) is 22.0 Å². The fourth-order valence-corrected chi connectivity index (χ4v) is 3.48. The summed E-state index contributed by atoms with van der Waals surface area (Å²) in [4.78, 5) is 17.8. The van der Waals surface area contributed by atoms with Crippen molar-refractivity contribution in [2.24, 2.45) is 0 Å². The van der Waals surface area contributed by atoms with Crippen molar-refractivity contribution in [2.75, 3.05) is 13.1 Å². The van der Waals surface area contributed by atoms with Gasteiger partial charge in [-0.2, -0.15) is 0 Å². The summed E-state index contributed by atoms with van der Waals surface area (Å²) in [6, 6.07) is 7.57. The van der Waals surface area contributed by atoms with Crippen molar-refractivity contribution in [3.63, 3.8) is 0 Å². The average molecular weight is 325 g/mol. The first-order chi connectivity index (χ1) is 11.6. The topological polar surface area (TPSA) is 87.0 Å². The monoisotopic (exact) mass is 325 g/mol. The zero-order valence-corrected chi connectivity index (χ0v) is 13.2. The predicted molar refractivity (Wildman–Crippen MR) is 88.4 cm³/mol. The molecule has 124 valence electrons. The maximum Gasteiger partial charge on any atom is 0.254 e. The van der Waals surface area contributed by atoms with Gasteiger partial charge in [0, 0.05) is 35.4 Å². The summed E-state index contributed by atoms with van der Waals surface area (Å²) >= 11 is 0. The van der Waals surface area contributed by atoms with Gasteiger partial charge in [0.25, 0.3) is 5.91 Å². The van der Waals surface area contributed by atoms with E-state index in [1.165, 1.54) is 0 Å². The molecule has 1 aliphatic rings. The summed E-state index contributed by atoms with van der Waals surface area (Å²) in [6.07, 6.45) is 6.55. The molecular formula is C17H19N5O2. The van der Waals surface area contributed by atoms with Crippen molar-refractivity contribution >= 4 is 16.8 Å². The lowest BCUT2D eigenvalue weighted by molar-refractivity contribution is -0.0386. The first-order valence-corrected chi connectivity index (χ1v) is 8.07. The average Bonchev–Trinajstić information content (AvgIpc) is 3.24. The van der Waals surface area contributed by atoms with Crippen molar-refractivity contribution in [3.05, 3.63) is 48.4 Å². The van der Waals surface area contributed by atoms with Crippen molar-refractivity contribution < 1.29 is 9.90 Å². The second-order valence-electron chi connectivity index (χ2n) is 6.40. The molecule has 0 saturated carbocycles. The molecule has 0 aliphatic carbocycles. The summed E-state index contributed by atoms with van der Waals surface area (Å²) in [5, 5.41) is 19.5. The lowest BCUT2D eigenvalue weighted by atomic mass is 9.92. The number of benzene rings is 1. The van der Waals surface area contributed by atoms with Gasteiger partial charge in [0.2, 0.25) is 0 Å². The zero-order chi connectivity index (χ0) is 16.6. The predicted octanol–water partition coefficient (Wildman–Crippen LogP) is 1.43. The zero-order valence-electron chi connectivity index (χ0n) is 13.2. The SMILES string of the molecule is O=C(c1cccc2[nH]ccc12)N1CCCC(O)(Cn2ccnn2)C1. The number of β-amino-alcohol motifs (C(OH)–C–C–N with tert-alkyl or cyclic N) is 1. The van der Waals surface area contributed by atoms with E-state index < -0.39 is 5.60 Å². The van der Waals surface area contributed by atoms with E-state index in [4.69, 9.17) is 0 Å². The number of hydrogen-bond donors (Lipinski definition) is 2. The number of aliphatic hydroxyl groups is 1. The molecule has 1 atom stereocenters. The maximum atomic E-state index is 13.0. The van der Waals surface area contributed by atoms with Crippen LogP contribution in [0.25, 0.3) is 10.9 Å². The van der Waals surface area contributed by atoms with Crippen LogP contribution in [-0.4, -0.2) is 54.6 Å². The van der Waals surface area contributed by atoms with Crippen LogP contribution in [0.1, 0.15) is 23.2 Å². The van der Waals surface area contributed by atoms with E-state index in [0.717, 1.165) is 17.3 Å². The van der Waals surface area contributed by atoms with Crippen LogP contribution in [-0.2, 0) is 6.54 Å². The van der Waals surface area contributed by atoms with E-state index in [1.807, 2.05) is 30.5 Å². The van der Waals surface area contributed by atoms with E-state index in [2.05, 4.69) is 15.3 Å². The van der Waals surface area contributed by atoms with Gasteiger partial charge in [-0.15, -0.1) is 5.10 Å². The third-order valence-corrected chi connectivity index (χ3v) is 4.60. The van der Waals surface area contributed by atoms with Crippen LogP contribution in [0.3, 0.4) is 0 Å². The smallest absolute Gasteiger partial charge is 0.254 e. The second-order valence-corrected chi connectivity index (χ2v) is 6.40. The van der Waals surface area contributed by atoms with Gasteiger partial charge < -0.3 is 15.0 Å². The highest BCUT2D eigenvalue weighted by Gasteiger charge is 2.36. The van der Waals surface area contributed by atoms with Crippen molar-refractivity contribution in [3.8, 4) is 0 Å². The van der Waals surface area contributed by atoms with Crippen molar-refractivity contribution in [1.82, 2.24) is 24.9 Å². The quantitative estimate of drug-likeness (QED) is 0.762. The minimum Gasteiger partial charge on any atom is -0.386 e. The Balaban J connectivity index is 1.57. The van der Waals surface area contributed by atoms with Crippen molar-refractivity contribution in [1.29, 1.82) is 0 Å². The number of carbonyl (C=O) groups is 1. The molecular weight excluding hydrogens is 306 g/mol. The van der Waals surface area contributed by atoms with Gasteiger partial charge >= 0.3 is 0 Å². The lowest BCUT2D eigenvalue weighted by Gasteiger charge is -2.39. The molecule has 1 fully saturated rings. The molecule has 1 aromatic carbocycles. The minimum atomic E-state index is -0.979. The summed E-state index contributed by atoms with van der Waals surface area (Å²) < 4.78 is 1.61. The van der Waals surface area contributed by atoms with E-state index in [0.29, 0.717) is 31.6 Å². The molecule has 7 heteroatoms. The number of aromatic nitrogens is 4. The number of likely N-dealkylation sites (tertiary alicyclic amines) is 1. The number of fused-ring (bicyclic) bond motifs is 1. The number of H-pyrrole nitrogens is 1. The number of hydrogen-bond acceptors (Lipinski definition) is 4. The number of rotatable bonds is 3. The molecule has 2 aromatic heterocycles. The highest BCUT2D eigenvalue weighted by Crippen LogP contribution is 2.26. The molecule has 1 amide bonds. The van der Waals surface area contributed by atoms with Gasteiger partial charge in [0.1, 0.15) is 5.60 Å². The number of nitrogens with one attached hydrogen (secondary N) is 1. The van der Waals surface area contributed by atoms with Gasteiger partial charge in [0.05, 0.1) is 19.3 Å². The van der Waals surface area contributed by atoms with Gasteiger partial charge in [-0.05, 0) is 31.0 Å². The fourth-order valence-electron chi connectivity index (χ4n) is 3.48. The number of amides is 1. The summed E-state index contributed by atoms with van der Waals surface area (Å²) in [6.45, 7) is 1.29. The first-order valence-electron chi connectivity index (χ1n) is 8.07. The number of aromatic amines is 1. The van der Waals surface area contributed by atoms with E-state index >= 15 is 0 Å². The Kier molecular flexibility index (Phi) is 3.57. The molecule has 2 N–H and O–H groups in total. The van der Waals surface area contributed by atoms with Gasteiger partial charge in [-0.1, -0.05) is 11.3 Å². The van der Waals surface area contributed by atoms with Gasteiger partial charge in [0.15, 0.2) is 0 Å². The molecule has 1 saturated heterocycles. The Morgan fingerprint density at radius 2 is 2.29 bits per heavy atom. The van der Waals surface area contributed by atoms with Crippen LogP contribution >= 0.6 is 0 Å². The Morgan fingerprint density at radius 3 is 3.12 bits per heavy atom. The molecule has 0 radical (unpaired) electrons. The number of carbonyl (C=O) groups excluding carboxylic acids is 1. The van der Waals surface area contributed by atoms with Gasteiger partial charge in [-0.25, -0.2) is 4.68 Å². The highest BCUT2D eigenvalue weighted by atomic mass is 16.3. The van der Waals surface area contributed by atoms with Crippen LogP contribution in [0, 0.1) is 0 Å². The third-order valence-electron chi connectivity index (χ3n) is 4.60. The molecule has 3 aromatic rings. The molecule has 24 heavy (non-hydrogen) atoms. The number of nitrogens with zero attached hydrogens (tertiary/aromatic N) is 4. The Labute approximate surface area is 138 Å². The third kappa shape index (κ3) is 2.67. The summed E-state index contributed by atoms with van der Waals surface area (Å²) in [5.74, 6) is -0.0445. The Bertz CT molecular complexity index is 857. The first kappa shape index (κ1) is 14.9. The Morgan fingerprint density at radius 1 is 1.38 bits per heavy atom. The van der Waals surface area contributed by atoms with Crippen LogP contribution in [0.4, 0.5) is 0 Å². The van der Waals surface area contributed by atoms with E-state index in [9.17, 15) is 9.90 Å². The van der Waals surface area contributed by atoms with Crippen LogP contribution in [0.2, 0.25) is 0 Å². The normalized spacial score (nSPS) is 21.3. The second kappa shape index (κ2) is 5.76. The molecule has 4 rings (SSSR count). The maximum absolute atomic E-state index is 13.0. The molecule has 1 unspecified atom stereocenters. The summed E-state index contributed by atoms with van der Waals surface area (Å²) in [5.41, 5.74) is 0.627. The molecule has 3 heterocycles. The van der Waals surface area contributed by atoms with Crippen LogP contribution in [0.5, 0.6) is 0 Å². The van der Waals surface area contributed by atoms with Crippen LogP contribution < -0.4 is 0 Å². The van der Waals surface area contributed by atoms with Gasteiger partial charge in [-0.3, -0.25) is 4.79 Å². The molecule has 0 bridgehead atoms. The standard InChI is InChI=1S/C17H19N5O2/c23-16(14-3-1-4-15-13(14)5-7-18-15)21-9-2-6-17(24,11-21)12-22-10-8-19-20-22/h1,3-5,7-8,10,18,24H,2,6,9,11-12H2. The van der Waals surface area contributed by atoms with Crippen LogP contribution in [0.15, 0.2) is 42.9 Å². The largest absolute Gasteiger partial charge is 0.386 e. The highest BCUT2D eigenvalue weighted by molar-refractivity contribution is 6.06. The fraction of sp³-hybridized carbons (Fsp3) is 0.353.